The number of piperidine rings is 1. The number of fused-ring (bicyclic) bond motifs is 1. The van der Waals surface area contributed by atoms with Crippen LogP contribution in [0.2, 0.25) is 0 Å². The van der Waals surface area contributed by atoms with E-state index in [1.165, 1.54) is 28.7 Å². The number of nitrogens with zero attached hydrogens (tertiary/aromatic N) is 3. The topological polar surface area (TPSA) is 55.2 Å². The SMILES string of the molecule is CC[C@H]1CCCCN1C(=O)Cn1cnc2sc(C)c(-c3ccccc3)c2c1=O. The maximum Gasteiger partial charge on any atom is 0.263 e. The lowest BCUT2D eigenvalue weighted by Crippen LogP contribution is -2.45. The molecule has 0 N–H and O–H groups in total. The normalized spacial score (nSPS) is 17.2. The minimum atomic E-state index is -0.133. The summed E-state index contributed by atoms with van der Waals surface area (Å²) in [5.41, 5.74) is 1.81. The third kappa shape index (κ3) is 3.37. The maximum absolute atomic E-state index is 13.3. The average molecular weight is 396 g/mol. The summed E-state index contributed by atoms with van der Waals surface area (Å²) in [7, 11) is 0. The number of hydrogen-bond donors (Lipinski definition) is 0. The lowest BCUT2D eigenvalue weighted by molar-refractivity contribution is -0.135. The molecular weight excluding hydrogens is 370 g/mol. The predicted octanol–water partition coefficient (Wildman–Crippen LogP) is 4.22. The van der Waals surface area contributed by atoms with Crippen LogP contribution in [0.3, 0.4) is 0 Å². The highest BCUT2D eigenvalue weighted by Gasteiger charge is 2.26. The largest absolute Gasteiger partial charge is 0.338 e. The van der Waals surface area contributed by atoms with Gasteiger partial charge in [-0.05, 0) is 38.2 Å². The molecule has 5 nitrogen and oxygen atoms in total. The van der Waals surface area contributed by atoms with Crippen molar-refractivity contribution in [2.24, 2.45) is 0 Å². The molecule has 0 saturated carbocycles. The van der Waals surface area contributed by atoms with Crippen molar-refractivity contribution in [2.45, 2.75) is 52.1 Å². The van der Waals surface area contributed by atoms with Crippen LogP contribution in [0.25, 0.3) is 21.3 Å². The number of aromatic nitrogens is 2. The van der Waals surface area contributed by atoms with Crippen LogP contribution in [-0.2, 0) is 11.3 Å². The molecular formula is C22H25N3O2S. The Hall–Kier alpha value is -2.47. The Bertz CT molecular complexity index is 1050. The van der Waals surface area contributed by atoms with E-state index >= 15 is 0 Å². The quantitative estimate of drug-likeness (QED) is 0.664. The highest BCUT2D eigenvalue weighted by Crippen LogP contribution is 2.35. The highest BCUT2D eigenvalue weighted by molar-refractivity contribution is 7.19. The summed E-state index contributed by atoms with van der Waals surface area (Å²) in [6.45, 7) is 4.98. The van der Waals surface area contributed by atoms with E-state index < -0.39 is 0 Å². The van der Waals surface area contributed by atoms with Crippen molar-refractivity contribution in [3.8, 4) is 11.1 Å². The minimum Gasteiger partial charge on any atom is -0.338 e. The van der Waals surface area contributed by atoms with Gasteiger partial charge in [-0.3, -0.25) is 14.2 Å². The molecule has 0 unspecified atom stereocenters. The molecule has 4 rings (SSSR count). The highest BCUT2D eigenvalue weighted by atomic mass is 32.1. The van der Waals surface area contributed by atoms with Gasteiger partial charge in [0, 0.05) is 23.0 Å². The number of benzene rings is 1. The number of aryl methyl sites for hydroxylation is 1. The summed E-state index contributed by atoms with van der Waals surface area (Å²) in [6, 6.07) is 10.2. The first-order chi connectivity index (χ1) is 13.6. The van der Waals surface area contributed by atoms with Crippen LogP contribution in [0.15, 0.2) is 41.5 Å². The Balaban J connectivity index is 1.72. The van der Waals surface area contributed by atoms with Gasteiger partial charge in [0.05, 0.1) is 11.7 Å². The van der Waals surface area contributed by atoms with Gasteiger partial charge >= 0.3 is 0 Å². The number of thiophene rings is 1. The Morgan fingerprint density at radius 2 is 2.04 bits per heavy atom. The summed E-state index contributed by atoms with van der Waals surface area (Å²) in [5, 5.41) is 0.620. The van der Waals surface area contributed by atoms with Crippen molar-refractivity contribution in [1.82, 2.24) is 14.5 Å². The molecule has 3 aromatic rings. The van der Waals surface area contributed by atoms with Crippen LogP contribution in [-0.4, -0.2) is 32.9 Å². The number of carbonyl (C=O) groups is 1. The zero-order valence-corrected chi connectivity index (χ0v) is 17.2. The van der Waals surface area contributed by atoms with Gasteiger partial charge in [0.2, 0.25) is 5.91 Å². The molecule has 0 aliphatic carbocycles. The molecule has 0 bridgehead atoms. The summed E-state index contributed by atoms with van der Waals surface area (Å²) < 4.78 is 1.48. The van der Waals surface area contributed by atoms with Crippen molar-refractivity contribution in [3.63, 3.8) is 0 Å². The van der Waals surface area contributed by atoms with Gasteiger partial charge in [0.1, 0.15) is 11.4 Å². The second kappa shape index (κ2) is 7.87. The van der Waals surface area contributed by atoms with Crippen molar-refractivity contribution in [2.75, 3.05) is 6.54 Å². The van der Waals surface area contributed by atoms with Crippen LogP contribution in [0.4, 0.5) is 0 Å². The fraction of sp³-hybridized carbons (Fsp3) is 0.409. The van der Waals surface area contributed by atoms with Gasteiger partial charge in [0.25, 0.3) is 5.56 Å². The lowest BCUT2D eigenvalue weighted by Gasteiger charge is -2.35. The Morgan fingerprint density at radius 3 is 2.79 bits per heavy atom. The first-order valence-corrected chi connectivity index (χ1v) is 10.7. The molecule has 0 radical (unpaired) electrons. The molecule has 28 heavy (non-hydrogen) atoms. The first-order valence-electron chi connectivity index (χ1n) is 9.93. The van der Waals surface area contributed by atoms with Crippen LogP contribution >= 0.6 is 11.3 Å². The number of amides is 1. The van der Waals surface area contributed by atoms with Gasteiger partial charge in [0.15, 0.2) is 0 Å². The second-order valence-corrected chi connectivity index (χ2v) is 8.61. The smallest absolute Gasteiger partial charge is 0.263 e. The molecule has 1 aromatic carbocycles. The minimum absolute atomic E-state index is 0.0167. The van der Waals surface area contributed by atoms with Crippen molar-refractivity contribution >= 4 is 27.5 Å². The molecule has 0 spiro atoms. The van der Waals surface area contributed by atoms with Gasteiger partial charge < -0.3 is 4.90 Å². The number of carbonyl (C=O) groups excluding carboxylic acids is 1. The van der Waals surface area contributed by atoms with Gasteiger partial charge in [-0.25, -0.2) is 4.98 Å². The Labute approximate surface area is 168 Å². The molecule has 6 heteroatoms. The second-order valence-electron chi connectivity index (χ2n) is 7.40. The van der Waals surface area contributed by atoms with E-state index in [9.17, 15) is 9.59 Å². The van der Waals surface area contributed by atoms with Gasteiger partial charge in [-0.1, -0.05) is 37.3 Å². The van der Waals surface area contributed by atoms with E-state index in [1.54, 1.807) is 0 Å². The molecule has 3 heterocycles. The van der Waals surface area contributed by atoms with Gasteiger partial charge in [-0.2, -0.15) is 0 Å². The molecule has 1 aliphatic heterocycles. The van der Waals surface area contributed by atoms with E-state index in [1.807, 2.05) is 42.2 Å². The van der Waals surface area contributed by atoms with Crippen molar-refractivity contribution in [1.29, 1.82) is 0 Å². The first kappa shape index (κ1) is 18.9. The standard InChI is InChI=1S/C22H25N3O2S/c1-3-17-11-7-8-12-25(17)18(26)13-24-14-23-21-20(22(24)27)19(15(2)28-21)16-9-5-4-6-10-16/h4-6,9-10,14,17H,3,7-8,11-13H2,1-2H3/t17-/m0/s1. The molecule has 1 atom stereocenters. The van der Waals surface area contributed by atoms with E-state index in [2.05, 4.69) is 11.9 Å². The fourth-order valence-corrected chi connectivity index (χ4v) is 5.20. The molecule has 1 saturated heterocycles. The van der Waals surface area contributed by atoms with Crippen LogP contribution in [0.5, 0.6) is 0 Å². The van der Waals surface area contributed by atoms with Crippen LogP contribution in [0, 0.1) is 6.92 Å². The predicted molar refractivity (Wildman–Crippen MR) is 114 cm³/mol. The lowest BCUT2D eigenvalue weighted by atomic mass is 10.00. The Kier molecular flexibility index (Phi) is 5.31. The van der Waals surface area contributed by atoms with E-state index in [4.69, 9.17) is 0 Å². The van der Waals surface area contributed by atoms with Crippen LogP contribution < -0.4 is 5.56 Å². The number of hydrogen-bond acceptors (Lipinski definition) is 4. The third-order valence-electron chi connectivity index (χ3n) is 5.64. The molecule has 1 aliphatic rings. The summed E-state index contributed by atoms with van der Waals surface area (Å²) in [6.07, 6.45) is 5.74. The van der Waals surface area contributed by atoms with E-state index in [-0.39, 0.29) is 24.1 Å². The van der Waals surface area contributed by atoms with Gasteiger partial charge in [-0.15, -0.1) is 11.3 Å². The maximum atomic E-state index is 13.3. The summed E-state index contributed by atoms with van der Waals surface area (Å²) in [5.74, 6) is 0.0167. The molecule has 1 fully saturated rings. The molecule has 2 aromatic heterocycles. The Morgan fingerprint density at radius 1 is 1.25 bits per heavy atom. The molecule has 1 amide bonds. The molecule has 146 valence electrons. The van der Waals surface area contributed by atoms with E-state index in [0.29, 0.717) is 5.39 Å². The van der Waals surface area contributed by atoms with Crippen LogP contribution in [0.1, 0.15) is 37.5 Å². The zero-order chi connectivity index (χ0) is 19.7. The zero-order valence-electron chi connectivity index (χ0n) is 16.4. The monoisotopic (exact) mass is 395 g/mol. The average Bonchev–Trinajstić information content (AvgIpc) is 3.07. The summed E-state index contributed by atoms with van der Waals surface area (Å²) >= 11 is 1.53. The third-order valence-corrected chi connectivity index (χ3v) is 6.65. The van der Waals surface area contributed by atoms with E-state index in [0.717, 1.165) is 46.6 Å². The summed E-state index contributed by atoms with van der Waals surface area (Å²) in [4.78, 5) is 34.4. The fourth-order valence-electron chi connectivity index (χ4n) is 4.19. The number of rotatable bonds is 4. The van der Waals surface area contributed by atoms with Crippen molar-refractivity contribution in [3.05, 3.63) is 51.9 Å². The number of likely N-dealkylation sites (tertiary alicyclic amines) is 1. The van der Waals surface area contributed by atoms with Crippen molar-refractivity contribution < 1.29 is 4.79 Å².